The van der Waals surface area contributed by atoms with Crippen molar-refractivity contribution < 1.29 is 24.0 Å². The molecule has 3 atom stereocenters. The fourth-order valence-electron chi connectivity index (χ4n) is 4.40. The first-order valence-corrected chi connectivity index (χ1v) is 11.4. The average Bonchev–Trinajstić information content (AvgIpc) is 2.92. The molecule has 7 nitrogen and oxygen atoms in total. The van der Waals surface area contributed by atoms with E-state index in [2.05, 4.69) is 0 Å². The van der Waals surface area contributed by atoms with Crippen LogP contribution in [0.2, 0.25) is 0 Å². The van der Waals surface area contributed by atoms with Crippen LogP contribution in [-0.2, 0) is 37.0 Å². The molecule has 1 saturated heterocycles. The van der Waals surface area contributed by atoms with Crippen LogP contribution >= 0.6 is 0 Å². The van der Waals surface area contributed by atoms with Gasteiger partial charge in [-0.1, -0.05) is 97.1 Å². The summed E-state index contributed by atoms with van der Waals surface area (Å²) in [5.41, 5.74) is 2.40. The van der Waals surface area contributed by atoms with Gasteiger partial charge in [0.2, 0.25) is 0 Å². The number of amides is 2. The fourth-order valence-corrected chi connectivity index (χ4v) is 4.40. The first-order valence-electron chi connectivity index (χ1n) is 11.4. The Labute approximate surface area is 203 Å². The molecule has 0 radical (unpaired) electrons. The minimum Gasteiger partial charge on any atom is -0.454 e. The maximum Gasteiger partial charge on any atom is 0.397 e. The van der Waals surface area contributed by atoms with Gasteiger partial charge in [-0.2, -0.15) is 5.06 Å². The summed E-state index contributed by atoms with van der Waals surface area (Å²) in [5, 5.41) is 1.19. The molecule has 176 valence electrons. The van der Waals surface area contributed by atoms with E-state index in [1.165, 1.54) is 9.96 Å². The second-order valence-electron chi connectivity index (χ2n) is 8.38. The van der Waals surface area contributed by atoms with Crippen LogP contribution in [-0.4, -0.2) is 40.0 Å². The Hall–Kier alpha value is -4.23. The van der Waals surface area contributed by atoms with Crippen LogP contribution in [0.4, 0.5) is 0 Å². The normalized spacial score (nSPS) is 20.5. The van der Waals surface area contributed by atoms with E-state index in [0.717, 1.165) is 16.7 Å². The first-order chi connectivity index (χ1) is 17.1. The third kappa shape index (κ3) is 4.72. The topological polar surface area (TPSA) is 76.2 Å². The molecular formula is C28H24N2O5. The zero-order valence-corrected chi connectivity index (χ0v) is 18.9. The highest BCUT2D eigenvalue weighted by molar-refractivity contribution is 6.32. The largest absolute Gasteiger partial charge is 0.454 e. The molecule has 2 bridgehead atoms. The van der Waals surface area contributed by atoms with Crippen molar-refractivity contribution in [2.45, 2.75) is 31.3 Å². The van der Waals surface area contributed by atoms with Crippen molar-refractivity contribution in [3.05, 3.63) is 120 Å². The van der Waals surface area contributed by atoms with E-state index < -0.39 is 30.2 Å². The first kappa shape index (κ1) is 22.6. The lowest BCUT2D eigenvalue weighted by Gasteiger charge is -2.51. The maximum atomic E-state index is 13.4. The summed E-state index contributed by atoms with van der Waals surface area (Å²) in [5.74, 6) is -2.11. The summed E-state index contributed by atoms with van der Waals surface area (Å²) < 4.78 is 5.33. The number of hydrogen-bond acceptors (Lipinski definition) is 5. The van der Waals surface area contributed by atoms with Crippen LogP contribution < -0.4 is 0 Å². The number of rotatable bonds is 5. The second kappa shape index (κ2) is 9.95. The number of ether oxygens (including phenoxy) is 1. The molecule has 0 N–H and O–H groups in total. The van der Waals surface area contributed by atoms with Crippen LogP contribution in [0.3, 0.4) is 0 Å². The zero-order chi connectivity index (χ0) is 24.2. The number of carbonyl (C=O) groups is 3. The molecule has 0 saturated carbocycles. The van der Waals surface area contributed by atoms with Crippen LogP contribution in [0.1, 0.15) is 22.7 Å². The fraction of sp³-hybridized carbons (Fsp3) is 0.179. The van der Waals surface area contributed by atoms with Gasteiger partial charge in [0.1, 0.15) is 12.7 Å². The lowest BCUT2D eigenvalue weighted by Crippen LogP contribution is -2.65. The Morgan fingerprint density at radius 2 is 1.37 bits per heavy atom. The summed E-state index contributed by atoms with van der Waals surface area (Å²) in [6.45, 7) is -0.0215. The minimum absolute atomic E-state index is 0.0215. The van der Waals surface area contributed by atoms with Gasteiger partial charge < -0.3 is 4.74 Å². The number of hydroxylamine groups is 2. The highest BCUT2D eigenvalue weighted by Crippen LogP contribution is 2.40. The number of carbonyl (C=O) groups excluding carboxylic acids is 3. The third-order valence-electron chi connectivity index (χ3n) is 6.05. The lowest BCUT2D eigenvalue weighted by atomic mass is 9.93. The van der Waals surface area contributed by atoms with Crippen molar-refractivity contribution in [3.8, 4) is 0 Å². The van der Waals surface area contributed by atoms with Crippen molar-refractivity contribution in [3.63, 3.8) is 0 Å². The predicted molar refractivity (Wildman–Crippen MR) is 127 cm³/mol. The van der Waals surface area contributed by atoms with E-state index >= 15 is 0 Å². The summed E-state index contributed by atoms with van der Waals surface area (Å²) in [4.78, 5) is 46.9. The molecule has 35 heavy (non-hydrogen) atoms. The molecular weight excluding hydrogens is 444 g/mol. The summed E-state index contributed by atoms with van der Waals surface area (Å²) >= 11 is 0. The number of nitrogens with zero attached hydrogens (tertiary/aromatic N) is 2. The summed E-state index contributed by atoms with van der Waals surface area (Å²) in [6, 6.07) is 27.2. The molecule has 2 amide bonds. The predicted octanol–water partition coefficient (Wildman–Crippen LogP) is 3.58. The van der Waals surface area contributed by atoms with Gasteiger partial charge in [0.05, 0.1) is 12.5 Å². The Kier molecular flexibility index (Phi) is 6.41. The number of fused-ring (bicyclic) bond motifs is 2. The van der Waals surface area contributed by atoms with E-state index in [-0.39, 0.29) is 18.9 Å². The Morgan fingerprint density at radius 3 is 2.03 bits per heavy atom. The maximum absolute atomic E-state index is 13.4. The van der Waals surface area contributed by atoms with Crippen molar-refractivity contribution in [2.75, 3.05) is 0 Å². The standard InChI is InChI=1S/C28H24N2O5/c31-25(18-20-10-4-1-5-11-20)30-24-17-16-23(35-30)26(22-14-8-3-9-15-22)29(24)27(32)28(33)34-19-21-12-6-2-7-13-21/h1-17,23-24,26H,18-19H2/t23-,24+,26-/m0/s1. The molecule has 0 spiro atoms. The van der Waals surface area contributed by atoms with E-state index in [4.69, 9.17) is 9.57 Å². The number of hydrogen-bond donors (Lipinski definition) is 0. The lowest BCUT2D eigenvalue weighted by molar-refractivity contribution is -0.275. The van der Waals surface area contributed by atoms with Crippen molar-refractivity contribution in [1.29, 1.82) is 0 Å². The van der Waals surface area contributed by atoms with Crippen molar-refractivity contribution in [2.24, 2.45) is 0 Å². The highest BCUT2D eigenvalue weighted by atomic mass is 16.7. The van der Waals surface area contributed by atoms with E-state index in [0.29, 0.717) is 0 Å². The van der Waals surface area contributed by atoms with Gasteiger partial charge in [0, 0.05) is 0 Å². The highest BCUT2D eigenvalue weighted by Gasteiger charge is 2.50. The number of esters is 1. The van der Waals surface area contributed by atoms with Crippen LogP contribution in [0, 0.1) is 0 Å². The van der Waals surface area contributed by atoms with Gasteiger partial charge in [0.25, 0.3) is 5.91 Å². The molecule has 3 heterocycles. The van der Waals surface area contributed by atoms with Crippen LogP contribution in [0.5, 0.6) is 0 Å². The van der Waals surface area contributed by atoms with Gasteiger partial charge in [-0.3, -0.25) is 19.3 Å². The smallest absolute Gasteiger partial charge is 0.397 e. The van der Waals surface area contributed by atoms with Gasteiger partial charge in [0.15, 0.2) is 6.17 Å². The Morgan fingerprint density at radius 1 is 0.771 bits per heavy atom. The molecule has 1 fully saturated rings. The molecule has 0 unspecified atom stereocenters. The molecule has 6 rings (SSSR count). The Balaban J connectivity index is 1.40. The van der Waals surface area contributed by atoms with Gasteiger partial charge in [-0.25, -0.2) is 4.79 Å². The van der Waals surface area contributed by atoms with Crippen LogP contribution in [0.15, 0.2) is 103 Å². The van der Waals surface area contributed by atoms with Gasteiger partial charge in [-0.05, 0) is 22.8 Å². The monoisotopic (exact) mass is 468 g/mol. The third-order valence-corrected chi connectivity index (χ3v) is 6.05. The molecule has 3 aromatic rings. The second-order valence-corrected chi connectivity index (χ2v) is 8.38. The Bertz CT molecular complexity index is 1230. The van der Waals surface area contributed by atoms with E-state index in [1.54, 1.807) is 6.08 Å². The summed E-state index contributed by atoms with van der Waals surface area (Å²) in [7, 11) is 0. The van der Waals surface area contributed by atoms with Crippen LogP contribution in [0.25, 0.3) is 0 Å². The quantitative estimate of drug-likeness (QED) is 0.325. The molecule has 0 aromatic heterocycles. The van der Waals surface area contributed by atoms with Crippen molar-refractivity contribution in [1.82, 2.24) is 9.96 Å². The average molecular weight is 469 g/mol. The van der Waals surface area contributed by atoms with E-state index in [9.17, 15) is 14.4 Å². The molecule has 3 aliphatic heterocycles. The van der Waals surface area contributed by atoms with Gasteiger partial charge in [-0.15, -0.1) is 0 Å². The van der Waals surface area contributed by atoms with Gasteiger partial charge >= 0.3 is 11.9 Å². The van der Waals surface area contributed by atoms with E-state index in [1.807, 2.05) is 97.1 Å². The molecule has 3 aromatic carbocycles. The molecule has 0 aliphatic carbocycles. The minimum atomic E-state index is -0.980. The number of benzene rings is 3. The summed E-state index contributed by atoms with van der Waals surface area (Å²) in [6.07, 6.45) is 2.15. The van der Waals surface area contributed by atoms with Crippen molar-refractivity contribution >= 4 is 17.8 Å². The SMILES string of the molecule is O=C(OCc1ccccc1)C(=O)N1[C@@H](c2ccccc2)[C@@H]2C=C[C@H]1N(C(=O)Cc1ccccc1)O2. The zero-order valence-electron chi connectivity index (χ0n) is 18.9. The molecule has 3 aliphatic rings. The molecule has 7 heteroatoms.